The van der Waals surface area contributed by atoms with Gasteiger partial charge >= 0.3 is 0 Å². The molecule has 1 N–H and O–H groups in total. The Morgan fingerprint density at radius 1 is 1.29 bits per heavy atom. The Morgan fingerprint density at radius 3 is 2.71 bits per heavy atom. The van der Waals surface area contributed by atoms with E-state index in [2.05, 4.69) is 17.3 Å². The molecule has 0 radical (unpaired) electrons. The lowest BCUT2D eigenvalue weighted by Gasteiger charge is -2.51. The quantitative estimate of drug-likeness (QED) is 0.584. The van der Waals surface area contributed by atoms with Gasteiger partial charge in [-0.1, -0.05) is 0 Å². The van der Waals surface area contributed by atoms with E-state index in [4.69, 9.17) is 9.47 Å². The van der Waals surface area contributed by atoms with Gasteiger partial charge in [-0.2, -0.15) is 0 Å². The molecule has 3 aliphatic rings. The molecule has 0 aliphatic carbocycles. The average Bonchev–Trinajstić information content (AvgIpc) is 2.45. The van der Waals surface area contributed by atoms with Gasteiger partial charge in [0.25, 0.3) is 0 Å². The Kier molecular flexibility index (Phi) is 1.89. The summed E-state index contributed by atoms with van der Waals surface area (Å²) >= 11 is 0. The van der Waals surface area contributed by atoms with Gasteiger partial charge < -0.3 is 14.4 Å². The van der Waals surface area contributed by atoms with Gasteiger partial charge in [-0.25, -0.2) is 0 Å². The van der Waals surface area contributed by atoms with E-state index >= 15 is 0 Å². The van der Waals surface area contributed by atoms with Crippen molar-refractivity contribution >= 4 is 0 Å². The topological polar surface area (TPSA) is 33.7 Å². The van der Waals surface area contributed by atoms with E-state index in [-0.39, 0.29) is 11.3 Å². The van der Waals surface area contributed by atoms with Gasteiger partial charge in [-0.15, -0.1) is 0 Å². The molecule has 3 rings (SSSR count). The maximum absolute atomic E-state index is 5.92. The van der Waals surface area contributed by atoms with Crippen molar-refractivity contribution in [1.82, 2.24) is 10.2 Å². The maximum Gasteiger partial charge on any atom is 0.133 e. The Balaban J connectivity index is 1.74. The number of likely N-dealkylation sites (tertiary alicyclic amines) is 1. The van der Waals surface area contributed by atoms with Crippen LogP contribution in [0.5, 0.6) is 0 Å². The fourth-order valence-corrected chi connectivity index (χ4v) is 2.77. The number of rotatable bonds is 0. The molecule has 3 saturated heterocycles. The SMILES string of the molecule is CN1CCC2(C1)NC1(CCO2)COC1. The van der Waals surface area contributed by atoms with Crippen LogP contribution in [0.3, 0.4) is 0 Å². The highest BCUT2D eigenvalue weighted by atomic mass is 16.5. The molecule has 0 amide bonds. The standard InChI is InChI=1S/C10H18N2O2/c1-12-4-2-10(6-12)11-9(3-5-14-10)7-13-8-9/h11H,2-8H2,1H3. The van der Waals surface area contributed by atoms with Crippen molar-refractivity contribution in [2.24, 2.45) is 0 Å². The summed E-state index contributed by atoms with van der Waals surface area (Å²) in [7, 11) is 2.15. The first-order valence-corrected chi connectivity index (χ1v) is 5.42. The summed E-state index contributed by atoms with van der Waals surface area (Å²) in [6, 6.07) is 0. The normalized spacial score (nSPS) is 41.8. The minimum atomic E-state index is -0.0726. The molecule has 0 aromatic carbocycles. The summed E-state index contributed by atoms with van der Waals surface area (Å²) in [5.41, 5.74) is 0.167. The molecule has 2 spiro atoms. The van der Waals surface area contributed by atoms with E-state index in [1.54, 1.807) is 0 Å². The van der Waals surface area contributed by atoms with Gasteiger partial charge in [0.2, 0.25) is 0 Å². The van der Waals surface area contributed by atoms with E-state index in [0.29, 0.717) is 0 Å². The number of nitrogens with one attached hydrogen (secondary N) is 1. The third-order valence-electron chi connectivity index (χ3n) is 3.63. The summed E-state index contributed by atoms with van der Waals surface area (Å²) in [5, 5.41) is 3.68. The zero-order chi connectivity index (χ0) is 9.65. The minimum Gasteiger partial charge on any atom is -0.377 e. The second-order valence-corrected chi connectivity index (χ2v) is 4.98. The highest BCUT2D eigenvalue weighted by Crippen LogP contribution is 2.34. The van der Waals surface area contributed by atoms with E-state index < -0.39 is 0 Å². The second kappa shape index (κ2) is 2.92. The Morgan fingerprint density at radius 2 is 2.14 bits per heavy atom. The van der Waals surface area contributed by atoms with E-state index in [9.17, 15) is 0 Å². The van der Waals surface area contributed by atoms with Gasteiger partial charge in [0, 0.05) is 19.5 Å². The maximum atomic E-state index is 5.92. The lowest BCUT2D eigenvalue weighted by Crippen LogP contribution is -2.72. The molecule has 0 aromatic heterocycles. The van der Waals surface area contributed by atoms with Crippen molar-refractivity contribution in [3.63, 3.8) is 0 Å². The lowest BCUT2D eigenvalue weighted by atomic mass is 9.89. The zero-order valence-electron chi connectivity index (χ0n) is 8.71. The fraction of sp³-hybridized carbons (Fsp3) is 1.00. The average molecular weight is 198 g/mol. The van der Waals surface area contributed by atoms with Crippen LogP contribution >= 0.6 is 0 Å². The monoisotopic (exact) mass is 198 g/mol. The largest absolute Gasteiger partial charge is 0.377 e. The third kappa shape index (κ3) is 1.29. The Labute approximate surface area is 84.5 Å². The van der Waals surface area contributed by atoms with E-state index in [0.717, 1.165) is 45.8 Å². The molecule has 4 heteroatoms. The van der Waals surface area contributed by atoms with Gasteiger partial charge in [-0.05, 0) is 13.5 Å². The molecular formula is C10H18N2O2. The molecule has 3 aliphatic heterocycles. The van der Waals surface area contributed by atoms with Crippen molar-refractivity contribution < 1.29 is 9.47 Å². The number of likely N-dealkylation sites (N-methyl/N-ethyl adjacent to an activating group) is 1. The van der Waals surface area contributed by atoms with Crippen LogP contribution in [-0.4, -0.2) is 56.1 Å². The molecular weight excluding hydrogens is 180 g/mol. The van der Waals surface area contributed by atoms with E-state index in [1.165, 1.54) is 0 Å². The Bertz CT molecular complexity index is 238. The van der Waals surface area contributed by atoms with Gasteiger partial charge in [0.15, 0.2) is 0 Å². The molecule has 3 fully saturated rings. The van der Waals surface area contributed by atoms with Crippen LogP contribution < -0.4 is 5.32 Å². The highest BCUT2D eigenvalue weighted by Gasteiger charge is 2.51. The van der Waals surface area contributed by atoms with Crippen LogP contribution in [0.25, 0.3) is 0 Å². The number of ether oxygens (including phenoxy) is 2. The smallest absolute Gasteiger partial charge is 0.133 e. The first-order valence-electron chi connectivity index (χ1n) is 5.42. The van der Waals surface area contributed by atoms with Crippen LogP contribution in [0.4, 0.5) is 0 Å². The van der Waals surface area contributed by atoms with Crippen molar-refractivity contribution in [3.05, 3.63) is 0 Å². The minimum absolute atomic E-state index is 0.0726. The summed E-state index contributed by atoms with van der Waals surface area (Å²) in [6.07, 6.45) is 2.20. The van der Waals surface area contributed by atoms with Gasteiger partial charge in [0.05, 0.1) is 25.4 Å². The van der Waals surface area contributed by atoms with Crippen LogP contribution in [0.2, 0.25) is 0 Å². The first-order chi connectivity index (χ1) is 6.72. The third-order valence-corrected chi connectivity index (χ3v) is 3.63. The van der Waals surface area contributed by atoms with E-state index in [1.807, 2.05) is 0 Å². The summed E-state index contributed by atoms with van der Waals surface area (Å²) < 4.78 is 11.2. The summed E-state index contributed by atoms with van der Waals surface area (Å²) in [4.78, 5) is 2.32. The molecule has 80 valence electrons. The molecule has 0 aromatic rings. The van der Waals surface area contributed by atoms with Crippen molar-refractivity contribution in [2.45, 2.75) is 24.1 Å². The summed E-state index contributed by atoms with van der Waals surface area (Å²) in [5.74, 6) is 0. The van der Waals surface area contributed by atoms with Crippen molar-refractivity contribution in [2.75, 3.05) is 40.0 Å². The molecule has 0 saturated carbocycles. The number of hydrogen-bond acceptors (Lipinski definition) is 4. The fourth-order valence-electron chi connectivity index (χ4n) is 2.77. The number of nitrogens with zero attached hydrogens (tertiary/aromatic N) is 1. The van der Waals surface area contributed by atoms with Crippen LogP contribution in [0, 0.1) is 0 Å². The molecule has 1 atom stereocenters. The second-order valence-electron chi connectivity index (χ2n) is 4.98. The van der Waals surface area contributed by atoms with Gasteiger partial charge in [-0.3, -0.25) is 5.32 Å². The van der Waals surface area contributed by atoms with Crippen LogP contribution in [0.1, 0.15) is 12.8 Å². The van der Waals surface area contributed by atoms with Crippen LogP contribution in [-0.2, 0) is 9.47 Å². The lowest BCUT2D eigenvalue weighted by molar-refractivity contribution is -0.190. The molecule has 4 nitrogen and oxygen atoms in total. The zero-order valence-corrected chi connectivity index (χ0v) is 8.71. The highest BCUT2D eigenvalue weighted by molar-refractivity contribution is 5.04. The molecule has 14 heavy (non-hydrogen) atoms. The predicted molar refractivity (Wildman–Crippen MR) is 52.1 cm³/mol. The van der Waals surface area contributed by atoms with Gasteiger partial charge in [0.1, 0.15) is 5.72 Å². The predicted octanol–water partition coefficient (Wildman–Crippen LogP) is -0.203. The molecule has 1 unspecified atom stereocenters. The molecule has 0 bridgehead atoms. The van der Waals surface area contributed by atoms with Crippen LogP contribution in [0.15, 0.2) is 0 Å². The number of hydrogen-bond donors (Lipinski definition) is 1. The Hall–Kier alpha value is -0.160. The summed E-state index contributed by atoms with van der Waals surface area (Å²) in [6.45, 7) is 4.74. The molecule has 3 heterocycles. The first kappa shape index (κ1) is 9.09. The van der Waals surface area contributed by atoms with Crippen molar-refractivity contribution in [1.29, 1.82) is 0 Å². The van der Waals surface area contributed by atoms with Crippen molar-refractivity contribution in [3.8, 4) is 0 Å².